The molecule has 4 aliphatic carbocycles. The zero-order chi connectivity index (χ0) is 22.9. The number of aliphatic hydroxyl groups excluding tert-OH is 3. The fourth-order valence-electron chi connectivity index (χ4n) is 7.22. The molecular weight excluding hydrogens is 404 g/mol. The highest BCUT2D eigenvalue weighted by Gasteiger charge is 2.71. The molecule has 0 aliphatic heterocycles. The number of ketones is 2. The zero-order valence-corrected chi connectivity index (χ0v) is 17.9. The molecule has 3 fully saturated rings. The number of hydrogen-bond acceptors (Lipinski definition) is 8. The number of rotatable bonds is 3. The Morgan fingerprint density at radius 3 is 2.55 bits per heavy atom. The van der Waals surface area contributed by atoms with Crippen molar-refractivity contribution in [2.75, 3.05) is 6.61 Å². The number of Topliss-reactive ketones (excluding diaryl/α,β-unsaturated/α-hetero) is 1. The van der Waals surface area contributed by atoms with Gasteiger partial charge in [-0.2, -0.15) is 0 Å². The lowest BCUT2D eigenvalue weighted by molar-refractivity contribution is -0.209. The molecule has 0 aromatic carbocycles. The summed E-state index contributed by atoms with van der Waals surface area (Å²) in [6.45, 7) is 4.00. The molecule has 8 nitrogen and oxygen atoms in total. The Labute approximate surface area is 180 Å². The maximum Gasteiger partial charge on any atom is 0.303 e. The third kappa shape index (κ3) is 2.85. The van der Waals surface area contributed by atoms with Gasteiger partial charge in [0.25, 0.3) is 0 Å². The predicted molar refractivity (Wildman–Crippen MR) is 107 cm³/mol. The first kappa shape index (κ1) is 22.3. The Kier molecular flexibility index (Phi) is 5.09. The van der Waals surface area contributed by atoms with Crippen LogP contribution >= 0.6 is 0 Å². The molecule has 0 saturated heterocycles. The van der Waals surface area contributed by atoms with Gasteiger partial charge in [0.05, 0.1) is 12.2 Å². The molecule has 0 bridgehead atoms. The number of carbonyl (C=O) groups is 3. The summed E-state index contributed by atoms with van der Waals surface area (Å²) in [5.41, 5.74) is -3.28. The second-order valence-corrected chi connectivity index (χ2v) is 10.0. The molecule has 2 unspecified atom stereocenters. The summed E-state index contributed by atoms with van der Waals surface area (Å²) >= 11 is 0. The number of hydrogen-bond donors (Lipinski definition) is 4. The van der Waals surface area contributed by atoms with Gasteiger partial charge in [-0.15, -0.1) is 0 Å². The fourth-order valence-corrected chi connectivity index (χ4v) is 7.22. The molecule has 0 spiro atoms. The lowest BCUT2D eigenvalue weighted by Gasteiger charge is -2.61. The van der Waals surface area contributed by atoms with Crippen LogP contribution in [-0.4, -0.2) is 68.5 Å². The van der Waals surface area contributed by atoms with E-state index in [4.69, 9.17) is 4.74 Å². The van der Waals surface area contributed by atoms with Crippen LogP contribution in [0.1, 0.15) is 40.0 Å². The highest BCUT2D eigenvalue weighted by atomic mass is 16.6. The number of esters is 1. The van der Waals surface area contributed by atoms with Crippen molar-refractivity contribution >= 4 is 17.5 Å². The van der Waals surface area contributed by atoms with Gasteiger partial charge in [0.2, 0.25) is 0 Å². The number of aliphatic hydroxyl groups is 4. The summed E-state index contributed by atoms with van der Waals surface area (Å²) in [4.78, 5) is 36.5. The maximum atomic E-state index is 12.5. The zero-order valence-electron chi connectivity index (χ0n) is 17.9. The van der Waals surface area contributed by atoms with E-state index in [0.29, 0.717) is 12.0 Å². The van der Waals surface area contributed by atoms with E-state index in [1.165, 1.54) is 19.1 Å². The molecule has 8 heteroatoms. The van der Waals surface area contributed by atoms with E-state index in [0.717, 1.165) is 0 Å². The highest BCUT2D eigenvalue weighted by Crippen LogP contribution is 2.67. The van der Waals surface area contributed by atoms with Crippen LogP contribution in [0.15, 0.2) is 23.8 Å². The molecule has 0 aromatic heterocycles. The van der Waals surface area contributed by atoms with Gasteiger partial charge >= 0.3 is 5.97 Å². The summed E-state index contributed by atoms with van der Waals surface area (Å²) in [6, 6.07) is 0. The molecule has 3 saturated carbocycles. The molecular formula is C23H30O8. The van der Waals surface area contributed by atoms with Crippen LogP contribution in [-0.2, 0) is 19.1 Å². The SMILES string of the molecule is CC(=O)OC1C2=CC(=O)C=C[C@]2(C)[C@@H]2[C@@H](C1O)[C@@H]1CC[C@](O)(C(=O)CO)[C@@]1(C)C[C@@H]2O. The highest BCUT2D eigenvalue weighted by molar-refractivity contribution is 6.01. The van der Waals surface area contributed by atoms with E-state index in [1.807, 2.05) is 6.92 Å². The molecule has 0 aromatic rings. The van der Waals surface area contributed by atoms with Crippen LogP contribution in [0.4, 0.5) is 0 Å². The summed E-state index contributed by atoms with van der Waals surface area (Å²) in [6.07, 6.45) is 1.83. The smallest absolute Gasteiger partial charge is 0.303 e. The minimum Gasteiger partial charge on any atom is -0.455 e. The van der Waals surface area contributed by atoms with Crippen molar-refractivity contribution in [3.05, 3.63) is 23.8 Å². The fraction of sp³-hybridized carbons (Fsp3) is 0.696. The van der Waals surface area contributed by atoms with Gasteiger partial charge in [-0.05, 0) is 48.8 Å². The average Bonchev–Trinajstić information content (AvgIpc) is 2.96. The number of carbonyl (C=O) groups excluding carboxylic acids is 3. The van der Waals surface area contributed by atoms with Gasteiger partial charge in [-0.25, -0.2) is 0 Å². The van der Waals surface area contributed by atoms with Crippen LogP contribution < -0.4 is 0 Å². The van der Waals surface area contributed by atoms with Crippen molar-refractivity contribution in [2.24, 2.45) is 28.6 Å². The molecule has 9 atom stereocenters. The van der Waals surface area contributed by atoms with Crippen molar-refractivity contribution in [3.63, 3.8) is 0 Å². The van der Waals surface area contributed by atoms with E-state index in [1.54, 1.807) is 13.0 Å². The van der Waals surface area contributed by atoms with Crippen LogP contribution in [0.5, 0.6) is 0 Å². The molecule has 170 valence electrons. The quantitative estimate of drug-likeness (QED) is 0.457. The first-order chi connectivity index (χ1) is 14.4. The van der Waals surface area contributed by atoms with Crippen molar-refractivity contribution in [1.29, 1.82) is 0 Å². The van der Waals surface area contributed by atoms with Gasteiger partial charge < -0.3 is 25.2 Å². The molecule has 4 N–H and O–H groups in total. The van der Waals surface area contributed by atoms with Crippen molar-refractivity contribution in [3.8, 4) is 0 Å². The summed E-state index contributed by atoms with van der Waals surface area (Å²) < 4.78 is 5.48. The summed E-state index contributed by atoms with van der Waals surface area (Å²) in [5.74, 6) is -3.05. The average molecular weight is 434 g/mol. The third-order valence-electron chi connectivity index (χ3n) is 8.62. The Bertz CT molecular complexity index is 892. The minimum absolute atomic E-state index is 0.108. The van der Waals surface area contributed by atoms with Crippen LogP contribution in [0, 0.1) is 28.6 Å². The van der Waals surface area contributed by atoms with Crippen molar-refractivity contribution in [2.45, 2.75) is 63.9 Å². The lowest BCUT2D eigenvalue weighted by Crippen LogP contribution is -2.67. The topological polar surface area (TPSA) is 141 Å². The molecule has 4 aliphatic rings. The molecule has 0 amide bonds. The van der Waals surface area contributed by atoms with Crippen LogP contribution in [0.3, 0.4) is 0 Å². The van der Waals surface area contributed by atoms with Gasteiger partial charge in [0.15, 0.2) is 17.7 Å². The first-order valence-corrected chi connectivity index (χ1v) is 10.8. The van der Waals surface area contributed by atoms with Gasteiger partial charge in [-0.1, -0.05) is 19.9 Å². The summed E-state index contributed by atoms with van der Waals surface area (Å²) in [7, 11) is 0. The second-order valence-electron chi connectivity index (χ2n) is 10.0. The largest absolute Gasteiger partial charge is 0.455 e. The number of fused-ring (bicyclic) bond motifs is 5. The summed E-state index contributed by atoms with van der Waals surface area (Å²) in [5, 5.41) is 43.5. The number of ether oxygens (including phenoxy) is 1. The monoisotopic (exact) mass is 434 g/mol. The minimum atomic E-state index is -1.82. The lowest BCUT2D eigenvalue weighted by atomic mass is 9.45. The molecule has 4 rings (SSSR count). The van der Waals surface area contributed by atoms with Crippen molar-refractivity contribution < 1.29 is 39.5 Å². The normalized spacial score (nSPS) is 48.4. The molecule has 0 radical (unpaired) electrons. The molecule has 31 heavy (non-hydrogen) atoms. The maximum absolute atomic E-state index is 12.5. The Hall–Kier alpha value is -1.87. The van der Waals surface area contributed by atoms with E-state index in [-0.39, 0.29) is 24.5 Å². The Morgan fingerprint density at radius 1 is 1.26 bits per heavy atom. The van der Waals surface area contributed by atoms with E-state index in [2.05, 4.69) is 0 Å². The van der Waals surface area contributed by atoms with E-state index >= 15 is 0 Å². The first-order valence-electron chi connectivity index (χ1n) is 10.8. The second kappa shape index (κ2) is 7.07. The number of allylic oxidation sites excluding steroid dienone is 3. The van der Waals surface area contributed by atoms with E-state index < -0.39 is 64.9 Å². The Morgan fingerprint density at radius 2 is 1.94 bits per heavy atom. The van der Waals surface area contributed by atoms with Gasteiger partial charge in [0.1, 0.15) is 12.2 Å². The predicted octanol–water partition coefficient (Wildman–Crippen LogP) is 0.0700. The van der Waals surface area contributed by atoms with Crippen molar-refractivity contribution in [1.82, 2.24) is 0 Å². The van der Waals surface area contributed by atoms with Crippen LogP contribution in [0.25, 0.3) is 0 Å². The van der Waals surface area contributed by atoms with E-state index in [9.17, 15) is 34.8 Å². The van der Waals surface area contributed by atoms with Gasteiger partial charge in [-0.3, -0.25) is 14.4 Å². The Balaban J connectivity index is 1.85. The molecule has 0 heterocycles. The third-order valence-corrected chi connectivity index (χ3v) is 8.62. The standard InChI is InChI=1S/C23H30O8/c1-11(25)31-20-14-8-12(26)4-6-21(14,2)18-15(27)9-22(3)13(17(18)19(20)29)5-7-23(22,30)16(28)10-24/h4,6,8,13,15,17-20,24,27,29-30H,5,7,9-10H2,1-3H3/t13-,15-,17-,18-,19?,20?,21-,22-,23-/m0/s1. The van der Waals surface area contributed by atoms with Gasteiger partial charge in [0, 0.05) is 23.7 Å². The van der Waals surface area contributed by atoms with Crippen LogP contribution in [0.2, 0.25) is 0 Å².